The molecule has 2 heterocycles. The van der Waals surface area contributed by atoms with Gasteiger partial charge in [-0.1, -0.05) is 23.2 Å². The number of esters is 1. The minimum atomic E-state index is -5.16. The van der Waals surface area contributed by atoms with Crippen LogP contribution >= 0.6 is 23.2 Å². The van der Waals surface area contributed by atoms with Gasteiger partial charge >= 0.3 is 12.1 Å². The van der Waals surface area contributed by atoms with Crippen molar-refractivity contribution in [2.75, 3.05) is 19.6 Å². The summed E-state index contributed by atoms with van der Waals surface area (Å²) in [6.07, 6.45) is -2.67. The molecular formula is C18H19Cl2F3N2O3. The fourth-order valence-corrected chi connectivity index (χ4v) is 4.15. The van der Waals surface area contributed by atoms with E-state index in [1.807, 2.05) is 0 Å². The number of hydrogen-bond donors (Lipinski definition) is 1. The first-order chi connectivity index (χ1) is 13.2. The summed E-state index contributed by atoms with van der Waals surface area (Å²) in [7, 11) is 0. The minimum Gasteiger partial charge on any atom is -0.419 e. The van der Waals surface area contributed by atoms with Crippen LogP contribution in [-0.2, 0) is 9.59 Å². The van der Waals surface area contributed by atoms with Crippen molar-refractivity contribution in [3.05, 3.63) is 27.7 Å². The number of piperidine rings is 1. The maximum absolute atomic E-state index is 12.8. The Labute approximate surface area is 170 Å². The highest BCUT2D eigenvalue weighted by molar-refractivity contribution is 6.42. The van der Waals surface area contributed by atoms with Crippen molar-refractivity contribution in [3.8, 4) is 5.75 Å². The molecule has 2 fully saturated rings. The van der Waals surface area contributed by atoms with Crippen LogP contribution in [0.4, 0.5) is 13.2 Å². The van der Waals surface area contributed by atoms with Crippen LogP contribution in [0.5, 0.6) is 5.75 Å². The zero-order chi connectivity index (χ0) is 20.5. The van der Waals surface area contributed by atoms with Gasteiger partial charge in [-0.2, -0.15) is 13.2 Å². The lowest BCUT2D eigenvalue weighted by atomic mass is 9.84. The smallest absolute Gasteiger partial charge is 0.419 e. The van der Waals surface area contributed by atoms with Crippen LogP contribution in [0.1, 0.15) is 37.3 Å². The molecule has 154 valence electrons. The van der Waals surface area contributed by atoms with E-state index in [9.17, 15) is 22.8 Å². The molecule has 3 rings (SSSR count). The van der Waals surface area contributed by atoms with Gasteiger partial charge in [0.25, 0.3) is 0 Å². The van der Waals surface area contributed by atoms with E-state index in [1.54, 1.807) is 4.90 Å². The summed E-state index contributed by atoms with van der Waals surface area (Å²) in [5, 5.41) is 3.31. The average molecular weight is 439 g/mol. The van der Waals surface area contributed by atoms with Gasteiger partial charge in [0.15, 0.2) is 0 Å². The molecule has 0 spiro atoms. The van der Waals surface area contributed by atoms with Crippen molar-refractivity contribution < 1.29 is 27.5 Å². The molecule has 1 unspecified atom stereocenters. The third kappa shape index (κ3) is 4.55. The molecule has 2 saturated heterocycles. The molecule has 1 aromatic rings. The Kier molecular flexibility index (Phi) is 6.41. The van der Waals surface area contributed by atoms with E-state index < -0.39 is 18.2 Å². The van der Waals surface area contributed by atoms with E-state index in [2.05, 4.69) is 10.1 Å². The largest absolute Gasteiger partial charge is 0.491 e. The van der Waals surface area contributed by atoms with Crippen LogP contribution in [0.3, 0.4) is 0 Å². The van der Waals surface area contributed by atoms with Crippen LogP contribution in [0.2, 0.25) is 10.0 Å². The van der Waals surface area contributed by atoms with E-state index in [4.69, 9.17) is 23.2 Å². The number of carbonyl (C=O) groups excluding carboxylic acids is 2. The van der Waals surface area contributed by atoms with E-state index >= 15 is 0 Å². The van der Waals surface area contributed by atoms with Crippen molar-refractivity contribution in [1.29, 1.82) is 0 Å². The van der Waals surface area contributed by atoms with Gasteiger partial charge in [-0.3, -0.25) is 4.79 Å². The molecule has 5 nitrogen and oxygen atoms in total. The summed E-state index contributed by atoms with van der Waals surface area (Å²) >= 11 is 12.1. The molecule has 28 heavy (non-hydrogen) atoms. The van der Waals surface area contributed by atoms with Crippen LogP contribution in [0, 0.1) is 5.92 Å². The van der Waals surface area contributed by atoms with Crippen molar-refractivity contribution in [2.45, 2.75) is 37.9 Å². The van der Waals surface area contributed by atoms with E-state index in [0.717, 1.165) is 32.0 Å². The quantitative estimate of drug-likeness (QED) is 0.567. The Morgan fingerprint density at radius 3 is 2.43 bits per heavy atom. The number of rotatable bonds is 4. The second-order valence-corrected chi connectivity index (χ2v) is 7.73. The lowest BCUT2D eigenvalue weighted by Crippen LogP contribution is -2.40. The Hall–Kier alpha value is -1.51. The number of alkyl halides is 3. The molecule has 0 aromatic heterocycles. The van der Waals surface area contributed by atoms with Gasteiger partial charge < -0.3 is 15.0 Å². The lowest BCUT2D eigenvalue weighted by Gasteiger charge is -2.38. The Bertz CT molecular complexity index is 767. The first-order valence-corrected chi connectivity index (χ1v) is 9.72. The predicted octanol–water partition coefficient (Wildman–Crippen LogP) is 4.12. The first kappa shape index (κ1) is 21.2. The highest BCUT2D eigenvalue weighted by Gasteiger charge is 2.43. The molecule has 1 atom stereocenters. The third-order valence-electron chi connectivity index (χ3n) is 5.08. The number of hydrogen-bond acceptors (Lipinski definition) is 4. The van der Waals surface area contributed by atoms with Crippen LogP contribution in [0.25, 0.3) is 0 Å². The van der Waals surface area contributed by atoms with Gasteiger partial charge in [0.1, 0.15) is 5.75 Å². The summed E-state index contributed by atoms with van der Waals surface area (Å²) in [6, 6.07) is 1.97. The zero-order valence-electron chi connectivity index (χ0n) is 14.8. The Morgan fingerprint density at radius 2 is 1.86 bits per heavy atom. The number of carbonyl (C=O) groups is 2. The molecule has 0 aliphatic carbocycles. The number of halogens is 5. The molecule has 1 aromatic carbocycles. The summed E-state index contributed by atoms with van der Waals surface area (Å²) in [5.41, 5.74) is 0.272. The second-order valence-electron chi connectivity index (χ2n) is 6.91. The fraction of sp³-hybridized carbons (Fsp3) is 0.556. The molecule has 0 bridgehead atoms. The van der Waals surface area contributed by atoms with Gasteiger partial charge in [-0.05, 0) is 44.3 Å². The van der Waals surface area contributed by atoms with Gasteiger partial charge in [-0.15, -0.1) is 0 Å². The highest BCUT2D eigenvalue weighted by atomic mass is 35.5. The van der Waals surface area contributed by atoms with E-state index in [0.29, 0.717) is 19.4 Å². The predicted molar refractivity (Wildman–Crippen MR) is 97.4 cm³/mol. The van der Waals surface area contributed by atoms with Crippen molar-refractivity contribution >= 4 is 35.1 Å². The number of nitrogens with one attached hydrogen (secondary N) is 1. The number of likely N-dealkylation sites (tertiary alicyclic amines) is 1. The highest BCUT2D eigenvalue weighted by Crippen LogP contribution is 2.44. The maximum Gasteiger partial charge on any atom is 0.491 e. The van der Waals surface area contributed by atoms with E-state index in [-0.39, 0.29) is 33.2 Å². The van der Waals surface area contributed by atoms with Crippen LogP contribution in [-0.4, -0.2) is 42.6 Å². The fourth-order valence-electron chi connectivity index (χ4n) is 3.82. The normalized spacial score (nSPS) is 19.8. The Morgan fingerprint density at radius 1 is 1.21 bits per heavy atom. The number of ether oxygens (including phenoxy) is 1. The minimum absolute atomic E-state index is 0.0103. The first-order valence-electron chi connectivity index (χ1n) is 8.96. The molecule has 2 aliphatic heterocycles. The summed E-state index contributed by atoms with van der Waals surface area (Å²) < 4.78 is 42.9. The topological polar surface area (TPSA) is 58.6 Å². The van der Waals surface area contributed by atoms with Crippen molar-refractivity contribution in [2.24, 2.45) is 5.92 Å². The van der Waals surface area contributed by atoms with Crippen LogP contribution < -0.4 is 10.1 Å². The molecule has 2 aliphatic rings. The SMILES string of the molecule is O=C1CCCN1C(c1cc(Cl)c(Cl)cc1OC(=O)C(F)(F)F)C1CCNCC1. The van der Waals surface area contributed by atoms with Gasteiger partial charge in [0.2, 0.25) is 5.91 Å². The number of amides is 1. The number of benzene rings is 1. The third-order valence-corrected chi connectivity index (χ3v) is 5.80. The molecule has 10 heteroatoms. The monoisotopic (exact) mass is 438 g/mol. The zero-order valence-corrected chi connectivity index (χ0v) is 16.3. The molecular weight excluding hydrogens is 420 g/mol. The summed E-state index contributed by atoms with van der Waals surface area (Å²) in [5.74, 6) is -2.75. The van der Waals surface area contributed by atoms with Crippen molar-refractivity contribution in [1.82, 2.24) is 10.2 Å². The van der Waals surface area contributed by atoms with E-state index in [1.165, 1.54) is 6.07 Å². The van der Waals surface area contributed by atoms with Gasteiger partial charge in [-0.25, -0.2) is 4.79 Å². The standard InChI is InChI=1S/C18H19Cl2F3N2O3/c19-12-8-11(14(9-13(12)20)28-17(27)18(21,22)23)16(10-3-5-24-6-4-10)25-7-1-2-15(25)26/h8-10,16,24H,1-7H2. The van der Waals surface area contributed by atoms with Crippen LogP contribution in [0.15, 0.2) is 12.1 Å². The molecule has 0 radical (unpaired) electrons. The average Bonchev–Trinajstić information content (AvgIpc) is 3.05. The Balaban J connectivity index is 2.06. The number of nitrogens with zero attached hydrogens (tertiary/aromatic N) is 1. The lowest BCUT2D eigenvalue weighted by molar-refractivity contribution is -0.189. The molecule has 1 amide bonds. The van der Waals surface area contributed by atoms with Gasteiger partial charge in [0, 0.05) is 24.6 Å². The van der Waals surface area contributed by atoms with Crippen molar-refractivity contribution in [3.63, 3.8) is 0 Å². The van der Waals surface area contributed by atoms with Gasteiger partial charge in [0.05, 0.1) is 16.1 Å². The second kappa shape index (κ2) is 8.47. The molecule has 1 N–H and O–H groups in total. The maximum atomic E-state index is 12.8. The summed E-state index contributed by atoms with van der Waals surface area (Å²) in [6.45, 7) is 1.94. The molecule has 0 saturated carbocycles. The summed E-state index contributed by atoms with van der Waals surface area (Å²) in [4.78, 5) is 25.5.